The largest absolute Gasteiger partial charge is 0.493 e. The molecule has 1 aliphatic heterocycles. The molecule has 0 saturated heterocycles. The molecule has 1 aliphatic rings. The molecule has 2 aromatic rings. The van der Waals surface area contributed by atoms with Crippen molar-refractivity contribution in [1.29, 1.82) is 0 Å². The number of urea groups is 1. The van der Waals surface area contributed by atoms with Crippen LogP contribution >= 0.6 is 45.2 Å². The van der Waals surface area contributed by atoms with Crippen molar-refractivity contribution < 1.29 is 33.3 Å². The summed E-state index contributed by atoms with van der Waals surface area (Å²) >= 11 is 4.37. The third-order valence-corrected chi connectivity index (χ3v) is 6.84. The van der Waals surface area contributed by atoms with Crippen LogP contribution in [0.15, 0.2) is 59.4 Å². The molecule has 3 rings (SSSR count). The summed E-state index contributed by atoms with van der Waals surface area (Å²) in [5.74, 6) is 0.190. The number of nitrogens with one attached hydrogen (secondary N) is 3. The quantitative estimate of drug-likeness (QED) is 0.0969. The van der Waals surface area contributed by atoms with Gasteiger partial charge in [0.15, 0.2) is 18.1 Å². The highest BCUT2D eigenvalue weighted by Gasteiger charge is 2.32. The fraction of sp³-hybridized carbons (Fsp3) is 0.259. The molecule has 212 valence electrons. The minimum absolute atomic E-state index is 0.187. The summed E-state index contributed by atoms with van der Waals surface area (Å²) in [6.07, 6.45) is 3.15. The molecule has 0 bridgehead atoms. The zero-order chi connectivity index (χ0) is 29.2. The Balaban J connectivity index is 1.70. The van der Waals surface area contributed by atoms with Crippen LogP contribution in [0.1, 0.15) is 31.0 Å². The topological polar surface area (TPSA) is 137 Å². The Morgan fingerprint density at radius 3 is 2.65 bits per heavy atom. The lowest BCUT2D eigenvalue weighted by Crippen LogP contribution is -2.45. The van der Waals surface area contributed by atoms with Crippen LogP contribution in [0.3, 0.4) is 0 Å². The molecule has 13 heteroatoms. The van der Waals surface area contributed by atoms with Crippen molar-refractivity contribution in [3.63, 3.8) is 0 Å². The summed E-state index contributed by atoms with van der Waals surface area (Å²) in [5, 5.41) is 9.36. The van der Waals surface area contributed by atoms with Gasteiger partial charge in [-0.1, -0.05) is 18.7 Å². The molecular weight excluding hydrogens is 746 g/mol. The monoisotopic (exact) mass is 774 g/mol. The zero-order valence-corrected chi connectivity index (χ0v) is 26.3. The molecule has 3 amide bonds. The molecule has 11 nitrogen and oxygen atoms in total. The van der Waals surface area contributed by atoms with E-state index in [-0.39, 0.29) is 24.5 Å². The first-order valence-electron chi connectivity index (χ1n) is 12.0. The van der Waals surface area contributed by atoms with Crippen molar-refractivity contribution in [3.8, 4) is 17.2 Å². The van der Waals surface area contributed by atoms with Crippen LogP contribution in [-0.2, 0) is 14.3 Å². The van der Waals surface area contributed by atoms with Crippen LogP contribution in [0.4, 0.5) is 4.79 Å². The second-order valence-corrected chi connectivity index (χ2v) is 10.6. The fourth-order valence-electron chi connectivity index (χ4n) is 3.73. The van der Waals surface area contributed by atoms with E-state index < -0.39 is 23.9 Å². The number of hydrogen-bond acceptors (Lipinski definition) is 8. The Morgan fingerprint density at radius 1 is 1.18 bits per heavy atom. The maximum absolute atomic E-state index is 12.6. The van der Waals surface area contributed by atoms with Gasteiger partial charge in [0.05, 0.1) is 35.1 Å². The lowest BCUT2D eigenvalue weighted by molar-refractivity contribution is -0.139. The summed E-state index contributed by atoms with van der Waals surface area (Å²) < 4.78 is 23.9. The summed E-state index contributed by atoms with van der Waals surface area (Å²) in [6, 6.07) is 7.51. The Hall–Kier alpha value is -3.34. The van der Waals surface area contributed by atoms with Gasteiger partial charge in [0.2, 0.25) is 0 Å². The van der Waals surface area contributed by atoms with E-state index in [0.29, 0.717) is 34.9 Å². The molecule has 3 N–H and O–H groups in total. The smallest absolute Gasteiger partial charge is 0.338 e. The molecule has 1 atom stereocenters. The van der Waals surface area contributed by atoms with E-state index in [2.05, 4.69) is 72.9 Å². The first kappa shape index (κ1) is 31.2. The number of ether oxygens (including phenoxy) is 4. The molecule has 0 unspecified atom stereocenters. The van der Waals surface area contributed by atoms with Gasteiger partial charge in [0, 0.05) is 14.8 Å². The highest BCUT2D eigenvalue weighted by atomic mass is 127. The number of hydrazone groups is 1. The van der Waals surface area contributed by atoms with Gasteiger partial charge in [0.1, 0.15) is 12.4 Å². The predicted octanol–water partition coefficient (Wildman–Crippen LogP) is 4.19. The van der Waals surface area contributed by atoms with Gasteiger partial charge in [-0.2, -0.15) is 5.10 Å². The molecule has 0 aromatic heterocycles. The van der Waals surface area contributed by atoms with Gasteiger partial charge < -0.3 is 29.6 Å². The molecule has 0 saturated carbocycles. The van der Waals surface area contributed by atoms with E-state index in [1.54, 1.807) is 38.1 Å². The number of carbonyl (C=O) groups is 3. The van der Waals surface area contributed by atoms with Gasteiger partial charge in [-0.05, 0) is 88.9 Å². The number of benzene rings is 2. The maximum Gasteiger partial charge on any atom is 0.338 e. The Morgan fingerprint density at radius 2 is 1.95 bits per heavy atom. The summed E-state index contributed by atoms with van der Waals surface area (Å²) in [5.41, 5.74) is 4.37. The van der Waals surface area contributed by atoms with Gasteiger partial charge in [-0.15, -0.1) is 0 Å². The van der Waals surface area contributed by atoms with Crippen LogP contribution in [-0.4, -0.2) is 51.1 Å². The van der Waals surface area contributed by atoms with Gasteiger partial charge in [0.25, 0.3) is 5.91 Å². The first-order valence-corrected chi connectivity index (χ1v) is 14.1. The Kier molecular flexibility index (Phi) is 11.6. The van der Waals surface area contributed by atoms with Crippen LogP contribution in [0.5, 0.6) is 17.2 Å². The number of carbonyl (C=O) groups excluding carboxylic acids is 3. The van der Waals surface area contributed by atoms with Crippen LogP contribution in [0, 0.1) is 7.14 Å². The van der Waals surface area contributed by atoms with Crippen molar-refractivity contribution in [3.05, 3.63) is 72.5 Å². The fourth-order valence-corrected chi connectivity index (χ4v) is 5.77. The lowest BCUT2D eigenvalue weighted by Gasteiger charge is -2.28. The second-order valence-electron chi connectivity index (χ2n) is 8.19. The lowest BCUT2D eigenvalue weighted by atomic mass is 9.95. The van der Waals surface area contributed by atoms with Crippen molar-refractivity contribution in [2.75, 3.05) is 26.9 Å². The van der Waals surface area contributed by atoms with Gasteiger partial charge in [-0.25, -0.2) is 15.0 Å². The normalized spacial score (nSPS) is 14.7. The van der Waals surface area contributed by atoms with Crippen molar-refractivity contribution in [2.24, 2.45) is 5.10 Å². The van der Waals surface area contributed by atoms with Crippen LogP contribution in [0.25, 0.3) is 0 Å². The van der Waals surface area contributed by atoms with Gasteiger partial charge in [-0.3, -0.25) is 4.79 Å². The molecule has 0 fully saturated rings. The molecule has 0 radical (unpaired) electrons. The number of esters is 1. The third-order valence-electron chi connectivity index (χ3n) is 5.42. The molecule has 40 heavy (non-hydrogen) atoms. The highest BCUT2D eigenvalue weighted by Crippen LogP contribution is 2.34. The number of nitrogens with zero attached hydrogens (tertiary/aromatic N) is 1. The molecule has 0 spiro atoms. The van der Waals surface area contributed by atoms with Crippen LogP contribution < -0.4 is 30.3 Å². The second kappa shape index (κ2) is 14.9. The van der Waals surface area contributed by atoms with E-state index >= 15 is 0 Å². The predicted molar refractivity (Wildman–Crippen MR) is 166 cm³/mol. The minimum Gasteiger partial charge on any atom is -0.493 e. The summed E-state index contributed by atoms with van der Waals surface area (Å²) in [4.78, 5) is 37.1. The van der Waals surface area contributed by atoms with Gasteiger partial charge >= 0.3 is 12.0 Å². The molecule has 0 aliphatic carbocycles. The molecular formula is C27H28I2N4O7. The zero-order valence-electron chi connectivity index (χ0n) is 22.0. The van der Waals surface area contributed by atoms with E-state index in [4.69, 9.17) is 18.9 Å². The average Bonchev–Trinajstić information content (AvgIpc) is 2.91. The van der Waals surface area contributed by atoms with E-state index in [1.165, 1.54) is 13.3 Å². The molecule has 2 aromatic carbocycles. The van der Waals surface area contributed by atoms with E-state index in [0.717, 1.165) is 7.14 Å². The number of hydrogen-bond donors (Lipinski definition) is 3. The Bertz CT molecular complexity index is 1360. The first-order chi connectivity index (χ1) is 19.2. The van der Waals surface area contributed by atoms with E-state index in [1.807, 2.05) is 12.1 Å². The number of halogens is 2. The van der Waals surface area contributed by atoms with Crippen molar-refractivity contribution in [2.45, 2.75) is 19.9 Å². The minimum atomic E-state index is -0.766. The SMILES string of the molecule is C=CCOc1c(I)cc(I)cc1/C=N/NC(=O)COc1ccc([C@H]2NC(=O)NC(C)=C2C(=O)OCC)cc1OC. The maximum atomic E-state index is 12.6. The number of amides is 3. The highest BCUT2D eigenvalue weighted by molar-refractivity contribution is 14.1. The van der Waals surface area contributed by atoms with Crippen LogP contribution in [0.2, 0.25) is 0 Å². The number of allylic oxidation sites excluding steroid dienone is 1. The summed E-state index contributed by atoms with van der Waals surface area (Å²) in [7, 11) is 1.44. The third kappa shape index (κ3) is 8.09. The average molecular weight is 774 g/mol. The van der Waals surface area contributed by atoms with E-state index in [9.17, 15) is 14.4 Å². The Labute approximate surface area is 259 Å². The summed E-state index contributed by atoms with van der Waals surface area (Å²) in [6.45, 7) is 7.18. The molecule has 1 heterocycles. The van der Waals surface area contributed by atoms with Crippen molar-refractivity contribution >= 4 is 69.3 Å². The number of rotatable bonds is 12. The number of methoxy groups -OCH3 is 1. The van der Waals surface area contributed by atoms with Crippen molar-refractivity contribution in [1.82, 2.24) is 16.1 Å². The standard InChI is InChI=1S/C27H28I2N4O7/c1-5-9-39-25-17(10-18(28)12-19(25)29)13-30-33-22(34)14-40-20-8-7-16(11-21(20)37-4)24-23(26(35)38-6-2)15(3)31-27(36)32-24/h5,7-8,10-13,24H,1,6,9,14H2,2-4H3,(H,33,34)(H2,31,32,36)/b30-13+/t24-/m1/s1.